The highest BCUT2D eigenvalue weighted by atomic mass is 32.1. The number of benzene rings is 3. The lowest BCUT2D eigenvalue weighted by molar-refractivity contribution is 0.0600. The molecule has 1 fully saturated rings. The van der Waals surface area contributed by atoms with Gasteiger partial charge in [0.25, 0.3) is 0 Å². The molecule has 0 aliphatic carbocycles. The van der Waals surface area contributed by atoms with Crippen molar-refractivity contribution in [1.29, 1.82) is 0 Å². The van der Waals surface area contributed by atoms with Crippen molar-refractivity contribution in [2.24, 2.45) is 0 Å². The number of anilines is 1. The van der Waals surface area contributed by atoms with Crippen LogP contribution in [0.4, 0.5) is 5.69 Å². The molecule has 41 heavy (non-hydrogen) atoms. The second-order valence-electron chi connectivity index (χ2n) is 9.63. The van der Waals surface area contributed by atoms with Gasteiger partial charge in [0.15, 0.2) is 5.11 Å². The van der Waals surface area contributed by atoms with Crippen LogP contribution < -0.4 is 15.0 Å². The Labute approximate surface area is 243 Å². The SMILES string of the molecule is COC(=O)c1ccc(-c2ccc([C@H]3[C@@H](c4ccccn4)NC(=S)N3c3ccc(Oc4ccccc4C)cc3)o2)cc1. The Balaban J connectivity index is 1.33. The van der Waals surface area contributed by atoms with Gasteiger partial charge < -0.3 is 24.1 Å². The summed E-state index contributed by atoms with van der Waals surface area (Å²) in [5.41, 5.74) is 4.12. The predicted octanol–water partition coefficient (Wildman–Crippen LogP) is 7.41. The maximum absolute atomic E-state index is 11.9. The van der Waals surface area contributed by atoms with E-state index in [4.69, 9.17) is 26.1 Å². The number of methoxy groups -OCH3 is 1. The standard InChI is InChI=1S/C33H27N3O4S/c1-21-7-3-4-9-27(21)39-25-16-14-24(15-17-25)36-31(30(35-33(36)41)26-8-5-6-20-34-26)29-19-18-28(40-29)22-10-12-23(13-11-22)32(37)38-2/h3-20,30-31H,1-2H3,(H,35,41)/t30-,31+/m1/s1. The fourth-order valence-corrected chi connectivity index (χ4v) is 5.30. The average Bonchev–Trinajstić information content (AvgIpc) is 3.63. The van der Waals surface area contributed by atoms with Crippen LogP contribution in [0.3, 0.4) is 0 Å². The summed E-state index contributed by atoms with van der Waals surface area (Å²) in [6, 6.07) is 32.1. The fraction of sp³-hybridized carbons (Fsp3) is 0.121. The number of aryl methyl sites for hydroxylation is 1. The van der Waals surface area contributed by atoms with Crippen LogP contribution in [0.5, 0.6) is 11.5 Å². The summed E-state index contributed by atoms with van der Waals surface area (Å²) in [5.74, 6) is 2.56. The van der Waals surface area contributed by atoms with Crippen LogP contribution in [0, 0.1) is 6.92 Å². The number of nitrogens with one attached hydrogen (secondary N) is 1. The van der Waals surface area contributed by atoms with Gasteiger partial charge in [-0.05, 0) is 91.4 Å². The van der Waals surface area contributed by atoms with Crippen molar-refractivity contribution in [1.82, 2.24) is 10.3 Å². The van der Waals surface area contributed by atoms with Crippen LogP contribution in [-0.2, 0) is 4.74 Å². The van der Waals surface area contributed by atoms with Crippen molar-refractivity contribution in [2.75, 3.05) is 12.0 Å². The highest BCUT2D eigenvalue weighted by Crippen LogP contribution is 2.43. The Morgan fingerprint density at radius 1 is 0.927 bits per heavy atom. The van der Waals surface area contributed by atoms with Crippen molar-refractivity contribution in [2.45, 2.75) is 19.0 Å². The summed E-state index contributed by atoms with van der Waals surface area (Å²) < 4.78 is 17.4. The highest BCUT2D eigenvalue weighted by molar-refractivity contribution is 7.80. The largest absolute Gasteiger partial charge is 0.465 e. The minimum Gasteiger partial charge on any atom is -0.465 e. The van der Waals surface area contributed by atoms with Crippen molar-refractivity contribution in [3.8, 4) is 22.8 Å². The first kappa shape index (κ1) is 26.3. The molecular formula is C33H27N3O4S. The van der Waals surface area contributed by atoms with Gasteiger partial charge in [-0.15, -0.1) is 0 Å². The van der Waals surface area contributed by atoms with E-state index in [-0.39, 0.29) is 18.1 Å². The molecule has 0 unspecified atom stereocenters. The number of rotatable bonds is 7. The van der Waals surface area contributed by atoms with E-state index in [2.05, 4.69) is 15.2 Å². The molecular weight excluding hydrogens is 534 g/mol. The second kappa shape index (κ2) is 11.3. The molecule has 6 rings (SSSR count). The van der Waals surface area contributed by atoms with E-state index < -0.39 is 0 Å². The van der Waals surface area contributed by atoms with Crippen LogP contribution in [0.25, 0.3) is 11.3 Å². The molecule has 7 nitrogen and oxygen atoms in total. The first-order valence-corrected chi connectivity index (χ1v) is 13.6. The van der Waals surface area contributed by atoms with Gasteiger partial charge in [0.2, 0.25) is 0 Å². The van der Waals surface area contributed by atoms with Crippen molar-refractivity contribution >= 4 is 29.0 Å². The van der Waals surface area contributed by atoms with Gasteiger partial charge in [0.05, 0.1) is 24.4 Å². The highest BCUT2D eigenvalue weighted by Gasteiger charge is 2.42. The monoisotopic (exact) mass is 561 g/mol. The predicted molar refractivity (Wildman–Crippen MR) is 161 cm³/mol. The maximum atomic E-state index is 11.9. The Morgan fingerprint density at radius 3 is 2.39 bits per heavy atom. The molecule has 1 saturated heterocycles. The summed E-state index contributed by atoms with van der Waals surface area (Å²) in [7, 11) is 1.36. The summed E-state index contributed by atoms with van der Waals surface area (Å²) in [5, 5.41) is 4.03. The minimum atomic E-state index is -0.383. The van der Waals surface area contributed by atoms with Crippen LogP contribution in [0.15, 0.2) is 114 Å². The smallest absolute Gasteiger partial charge is 0.337 e. The number of hydrogen-bond donors (Lipinski definition) is 1. The molecule has 0 radical (unpaired) electrons. The zero-order valence-corrected chi connectivity index (χ0v) is 23.3. The molecule has 0 spiro atoms. The van der Waals surface area contributed by atoms with Crippen LogP contribution >= 0.6 is 12.2 Å². The first-order valence-electron chi connectivity index (χ1n) is 13.1. The first-order chi connectivity index (χ1) is 20.0. The number of pyridine rings is 1. The van der Waals surface area contributed by atoms with E-state index in [0.717, 1.165) is 39.8 Å². The van der Waals surface area contributed by atoms with Crippen LogP contribution in [0.2, 0.25) is 0 Å². The molecule has 2 atom stereocenters. The number of ether oxygens (including phenoxy) is 2. The third kappa shape index (κ3) is 5.29. The van der Waals surface area contributed by atoms with Gasteiger partial charge in [-0.25, -0.2) is 4.79 Å². The van der Waals surface area contributed by atoms with Crippen molar-refractivity contribution in [3.63, 3.8) is 0 Å². The van der Waals surface area contributed by atoms with E-state index in [0.29, 0.717) is 16.4 Å². The van der Waals surface area contributed by atoms with E-state index in [9.17, 15) is 4.79 Å². The normalized spacial score (nSPS) is 16.3. The average molecular weight is 562 g/mol. The van der Waals surface area contributed by atoms with Gasteiger partial charge in [-0.1, -0.05) is 36.4 Å². The topological polar surface area (TPSA) is 76.8 Å². The quantitative estimate of drug-likeness (QED) is 0.163. The lowest BCUT2D eigenvalue weighted by atomic mass is 10.0. The van der Waals surface area contributed by atoms with E-state index >= 15 is 0 Å². The molecule has 0 bridgehead atoms. The molecule has 3 aromatic carbocycles. The van der Waals surface area contributed by atoms with Gasteiger partial charge in [0, 0.05) is 17.4 Å². The molecule has 0 saturated carbocycles. The fourth-order valence-electron chi connectivity index (χ4n) is 4.95. The molecule has 204 valence electrons. The van der Waals surface area contributed by atoms with Gasteiger partial charge in [0.1, 0.15) is 29.1 Å². The number of carbonyl (C=O) groups excluding carboxylic acids is 1. The molecule has 8 heteroatoms. The lowest BCUT2D eigenvalue weighted by Crippen LogP contribution is -2.29. The number of hydrogen-bond acceptors (Lipinski definition) is 6. The van der Waals surface area contributed by atoms with Crippen LogP contribution in [-0.4, -0.2) is 23.2 Å². The lowest BCUT2D eigenvalue weighted by Gasteiger charge is -2.26. The van der Waals surface area contributed by atoms with Crippen molar-refractivity contribution in [3.05, 3.63) is 132 Å². The molecule has 3 heterocycles. The van der Waals surface area contributed by atoms with Gasteiger partial charge >= 0.3 is 5.97 Å². The van der Waals surface area contributed by atoms with E-state index in [1.807, 2.05) is 97.9 Å². The summed E-state index contributed by atoms with van der Waals surface area (Å²) >= 11 is 5.85. The number of thiocarbonyl (C=S) groups is 1. The Morgan fingerprint density at radius 2 is 1.68 bits per heavy atom. The summed E-state index contributed by atoms with van der Waals surface area (Å²) in [6.07, 6.45) is 1.77. The summed E-state index contributed by atoms with van der Waals surface area (Å²) in [4.78, 5) is 18.5. The molecule has 2 aromatic heterocycles. The summed E-state index contributed by atoms with van der Waals surface area (Å²) in [6.45, 7) is 2.02. The molecule has 0 amide bonds. The van der Waals surface area contributed by atoms with Gasteiger partial charge in [-0.2, -0.15) is 0 Å². The zero-order chi connectivity index (χ0) is 28.3. The maximum Gasteiger partial charge on any atom is 0.337 e. The van der Waals surface area contributed by atoms with E-state index in [1.165, 1.54) is 7.11 Å². The molecule has 5 aromatic rings. The molecule has 1 aliphatic rings. The minimum absolute atomic E-state index is 0.243. The van der Waals surface area contributed by atoms with Crippen molar-refractivity contribution < 1.29 is 18.7 Å². The van der Waals surface area contributed by atoms with Gasteiger partial charge in [-0.3, -0.25) is 4.98 Å². The number of para-hydroxylation sites is 1. The molecule has 1 N–H and O–H groups in total. The Bertz CT molecular complexity index is 1680. The number of esters is 1. The Kier molecular flexibility index (Phi) is 7.22. The number of carbonyl (C=O) groups is 1. The number of furan rings is 1. The third-order valence-corrected chi connectivity index (χ3v) is 7.36. The Hall–Kier alpha value is -4.95. The molecule has 1 aliphatic heterocycles. The number of nitrogens with zero attached hydrogens (tertiary/aromatic N) is 2. The zero-order valence-electron chi connectivity index (χ0n) is 22.5. The third-order valence-electron chi connectivity index (χ3n) is 7.04. The number of aromatic nitrogens is 1. The van der Waals surface area contributed by atoms with Crippen LogP contribution in [0.1, 0.15) is 39.5 Å². The van der Waals surface area contributed by atoms with E-state index in [1.54, 1.807) is 18.3 Å². The second-order valence-corrected chi connectivity index (χ2v) is 10.0.